The first-order valence-corrected chi connectivity index (χ1v) is 8.24. The summed E-state index contributed by atoms with van der Waals surface area (Å²) in [5.41, 5.74) is -0.452. The van der Waals surface area contributed by atoms with Gasteiger partial charge in [-0.1, -0.05) is 19.3 Å². The van der Waals surface area contributed by atoms with E-state index in [0.717, 1.165) is 51.7 Å². The number of carbonyl (C=O) groups is 2. The Balaban J connectivity index is 1.93. The van der Waals surface area contributed by atoms with Crippen LogP contribution in [0.2, 0.25) is 0 Å². The Kier molecular flexibility index (Phi) is 5.62. The highest BCUT2D eigenvalue weighted by Gasteiger charge is 2.40. The summed E-state index contributed by atoms with van der Waals surface area (Å²) < 4.78 is 0. The summed E-state index contributed by atoms with van der Waals surface area (Å²) >= 11 is 0. The van der Waals surface area contributed by atoms with Gasteiger partial charge in [0.15, 0.2) is 0 Å². The molecule has 1 N–H and O–H groups in total. The quantitative estimate of drug-likeness (QED) is 0.815. The number of likely N-dealkylation sites (tertiary alicyclic amines) is 1. The molecule has 0 radical (unpaired) electrons. The first-order chi connectivity index (χ1) is 10.0. The Labute approximate surface area is 127 Å². The largest absolute Gasteiger partial charge is 0.481 e. The highest BCUT2D eigenvalue weighted by atomic mass is 16.4. The molecule has 0 aromatic carbocycles. The Hall–Kier alpha value is -1.10. The third kappa shape index (κ3) is 4.19. The summed E-state index contributed by atoms with van der Waals surface area (Å²) in [4.78, 5) is 27.8. The number of carboxylic acids is 1. The van der Waals surface area contributed by atoms with Gasteiger partial charge in [0.05, 0.1) is 12.0 Å². The minimum Gasteiger partial charge on any atom is -0.481 e. The molecule has 0 aromatic rings. The van der Waals surface area contributed by atoms with Crippen LogP contribution in [0.3, 0.4) is 0 Å². The van der Waals surface area contributed by atoms with E-state index in [4.69, 9.17) is 0 Å². The molecule has 1 saturated heterocycles. The number of carboxylic acid groups (broad SMARTS) is 1. The number of carbonyl (C=O) groups excluding carboxylic acids is 1. The molecule has 5 heteroatoms. The highest BCUT2D eigenvalue weighted by molar-refractivity contribution is 5.78. The molecule has 1 heterocycles. The van der Waals surface area contributed by atoms with Crippen LogP contribution in [0.5, 0.6) is 0 Å². The smallest absolute Gasteiger partial charge is 0.305 e. The summed E-state index contributed by atoms with van der Waals surface area (Å²) in [6, 6.07) is 0. The number of amides is 1. The summed E-state index contributed by atoms with van der Waals surface area (Å²) in [5, 5.41) is 9.22. The molecule has 1 amide bonds. The van der Waals surface area contributed by atoms with E-state index in [-0.39, 0.29) is 12.3 Å². The van der Waals surface area contributed by atoms with Crippen molar-refractivity contribution in [2.24, 2.45) is 0 Å². The van der Waals surface area contributed by atoms with Crippen molar-refractivity contribution in [2.75, 3.05) is 26.7 Å². The normalized spacial score (nSPS) is 22.1. The molecular formula is C16H28N2O3. The summed E-state index contributed by atoms with van der Waals surface area (Å²) in [6.45, 7) is 3.00. The van der Waals surface area contributed by atoms with Gasteiger partial charge in [0.25, 0.3) is 0 Å². The number of rotatable bonds is 6. The van der Waals surface area contributed by atoms with E-state index < -0.39 is 11.5 Å². The molecule has 2 rings (SSSR count). The van der Waals surface area contributed by atoms with Gasteiger partial charge >= 0.3 is 5.97 Å². The molecule has 2 aliphatic rings. The van der Waals surface area contributed by atoms with Gasteiger partial charge < -0.3 is 14.9 Å². The van der Waals surface area contributed by atoms with Gasteiger partial charge in [-0.15, -0.1) is 0 Å². The van der Waals surface area contributed by atoms with Crippen molar-refractivity contribution in [2.45, 2.75) is 63.3 Å². The van der Waals surface area contributed by atoms with Crippen LogP contribution >= 0.6 is 0 Å². The average Bonchev–Trinajstić information content (AvgIpc) is 2.97. The van der Waals surface area contributed by atoms with Crippen molar-refractivity contribution < 1.29 is 14.7 Å². The molecule has 0 unspecified atom stereocenters. The Morgan fingerprint density at radius 1 is 1.10 bits per heavy atom. The van der Waals surface area contributed by atoms with Crippen LogP contribution in [0.15, 0.2) is 0 Å². The standard InChI is InChI=1S/C16H28N2O3/c1-17(14(19)7-12-18-10-5-6-11-18)16(13-15(20)21)8-3-2-4-9-16/h2-13H2,1H3,(H,20,21). The predicted octanol–water partition coefficient (Wildman–Crippen LogP) is 2.11. The molecule has 1 aliphatic carbocycles. The van der Waals surface area contributed by atoms with Crippen molar-refractivity contribution in [3.05, 3.63) is 0 Å². The maximum absolute atomic E-state index is 12.5. The fraction of sp³-hybridized carbons (Fsp3) is 0.875. The SMILES string of the molecule is CN(C(=O)CCN1CCCC1)C1(CC(=O)O)CCCCC1. The van der Waals surface area contributed by atoms with E-state index in [1.807, 2.05) is 0 Å². The minimum atomic E-state index is -0.795. The molecule has 2 fully saturated rings. The monoisotopic (exact) mass is 296 g/mol. The Morgan fingerprint density at radius 3 is 2.29 bits per heavy atom. The van der Waals surface area contributed by atoms with E-state index in [1.54, 1.807) is 11.9 Å². The minimum absolute atomic E-state index is 0.0823. The van der Waals surface area contributed by atoms with Gasteiger partial charge in [0, 0.05) is 20.0 Å². The van der Waals surface area contributed by atoms with Gasteiger partial charge in [0.2, 0.25) is 5.91 Å². The summed E-state index contributed by atoms with van der Waals surface area (Å²) in [5.74, 6) is -0.693. The summed E-state index contributed by atoms with van der Waals surface area (Å²) in [7, 11) is 1.81. The zero-order chi connectivity index (χ0) is 15.3. The molecule has 1 aliphatic heterocycles. The predicted molar refractivity (Wildman–Crippen MR) is 81.1 cm³/mol. The van der Waals surface area contributed by atoms with Crippen molar-refractivity contribution in [3.63, 3.8) is 0 Å². The van der Waals surface area contributed by atoms with Gasteiger partial charge in [-0.25, -0.2) is 0 Å². The zero-order valence-corrected chi connectivity index (χ0v) is 13.1. The molecular weight excluding hydrogens is 268 g/mol. The molecule has 120 valence electrons. The van der Waals surface area contributed by atoms with Crippen LogP contribution in [-0.2, 0) is 9.59 Å². The molecule has 21 heavy (non-hydrogen) atoms. The van der Waals surface area contributed by atoms with Crippen molar-refractivity contribution in [1.29, 1.82) is 0 Å². The van der Waals surface area contributed by atoms with Crippen molar-refractivity contribution in [1.82, 2.24) is 9.80 Å². The average molecular weight is 296 g/mol. The Bertz CT molecular complexity index is 372. The van der Waals surface area contributed by atoms with Crippen molar-refractivity contribution >= 4 is 11.9 Å². The van der Waals surface area contributed by atoms with Crippen LogP contribution in [0.1, 0.15) is 57.8 Å². The third-order valence-electron chi connectivity index (χ3n) is 5.19. The second-order valence-corrected chi connectivity index (χ2v) is 6.61. The van der Waals surface area contributed by atoms with Crippen LogP contribution in [0, 0.1) is 0 Å². The van der Waals surface area contributed by atoms with E-state index in [1.165, 1.54) is 12.8 Å². The third-order valence-corrected chi connectivity index (χ3v) is 5.19. The molecule has 1 saturated carbocycles. The van der Waals surface area contributed by atoms with E-state index in [0.29, 0.717) is 6.42 Å². The second-order valence-electron chi connectivity index (χ2n) is 6.61. The number of hydrogen-bond acceptors (Lipinski definition) is 3. The molecule has 0 spiro atoms. The fourth-order valence-electron chi connectivity index (χ4n) is 3.81. The van der Waals surface area contributed by atoms with E-state index in [9.17, 15) is 14.7 Å². The van der Waals surface area contributed by atoms with Crippen LogP contribution in [0.4, 0.5) is 0 Å². The zero-order valence-electron chi connectivity index (χ0n) is 13.1. The first-order valence-electron chi connectivity index (χ1n) is 8.24. The number of hydrogen-bond donors (Lipinski definition) is 1. The van der Waals surface area contributed by atoms with Gasteiger partial charge in [0.1, 0.15) is 0 Å². The van der Waals surface area contributed by atoms with Crippen LogP contribution < -0.4 is 0 Å². The lowest BCUT2D eigenvalue weighted by Crippen LogP contribution is -2.52. The fourth-order valence-corrected chi connectivity index (χ4v) is 3.81. The first kappa shape index (κ1) is 16.3. The van der Waals surface area contributed by atoms with Crippen LogP contribution in [-0.4, -0.2) is 59.0 Å². The lowest BCUT2D eigenvalue weighted by Gasteiger charge is -2.44. The highest BCUT2D eigenvalue weighted by Crippen LogP contribution is 2.36. The maximum Gasteiger partial charge on any atom is 0.305 e. The van der Waals surface area contributed by atoms with E-state index in [2.05, 4.69) is 4.90 Å². The molecule has 5 nitrogen and oxygen atoms in total. The second kappa shape index (κ2) is 7.25. The van der Waals surface area contributed by atoms with Gasteiger partial charge in [-0.3, -0.25) is 9.59 Å². The number of aliphatic carboxylic acids is 1. The topological polar surface area (TPSA) is 60.9 Å². The Morgan fingerprint density at radius 2 is 1.71 bits per heavy atom. The molecule has 0 aromatic heterocycles. The van der Waals surface area contributed by atoms with Crippen LogP contribution in [0.25, 0.3) is 0 Å². The van der Waals surface area contributed by atoms with Gasteiger partial charge in [-0.05, 0) is 38.8 Å². The number of nitrogens with zero attached hydrogens (tertiary/aromatic N) is 2. The lowest BCUT2D eigenvalue weighted by atomic mass is 9.78. The summed E-state index contributed by atoms with van der Waals surface area (Å²) in [6.07, 6.45) is 7.90. The molecule has 0 bridgehead atoms. The van der Waals surface area contributed by atoms with Gasteiger partial charge in [-0.2, -0.15) is 0 Å². The maximum atomic E-state index is 12.5. The lowest BCUT2D eigenvalue weighted by molar-refractivity contribution is -0.146. The van der Waals surface area contributed by atoms with Crippen molar-refractivity contribution in [3.8, 4) is 0 Å². The molecule has 0 atom stereocenters. The van der Waals surface area contributed by atoms with E-state index >= 15 is 0 Å².